The van der Waals surface area contributed by atoms with Crippen molar-refractivity contribution in [3.05, 3.63) is 231 Å². The largest absolute Gasteiger partial charge is 0.311 e. The van der Waals surface area contributed by atoms with Crippen LogP contribution in [-0.2, 0) is 0 Å². The smallest absolute Gasteiger partial charge is 0.252 e. The van der Waals surface area contributed by atoms with E-state index in [1.165, 1.54) is 49.9 Å². The Bertz CT molecular complexity index is 3260. The molecule has 5 nitrogen and oxygen atoms in total. The first-order chi connectivity index (χ1) is 31.8. The van der Waals surface area contributed by atoms with Crippen molar-refractivity contribution >= 4 is 119 Å². The van der Waals surface area contributed by atoms with Crippen molar-refractivity contribution in [1.29, 1.82) is 0 Å². The van der Waals surface area contributed by atoms with E-state index in [0.29, 0.717) is 0 Å². The second-order valence-corrected chi connectivity index (χ2v) is 17.0. The van der Waals surface area contributed by atoms with Crippen LogP contribution in [0.1, 0.15) is 0 Å². The molecule has 0 unspecified atom stereocenters. The van der Waals surface area contributed by atoms with E-state index in [9.17, 15) is 0 Å². The maximum Gasteiger partial charge on any atom is 0.252 e. The zero-order valence-corrected chi connectivity index (χ0v) is 34.8. The van der Waals surface area contributed by atoms with Crippen LogP contribution in [0.5, 0.6) is 0 Å². The highest BCUT2D eigenvalue weighted by atomic mass is 15.3. The van der Waals surface area contributed by atoms with E-state index in [-0.39, 0.29) is 6.71 Å². The van der Waals surface area contributed by atoms with Crippen LogP contribution < -0.4 is 40.9 Å². The number of anilines is 15. The van der Waals surface area contributed by atoms with Gasteiger partial charge in [0.15, 0.2) is 0 Å². The molecule has 64 heavy (non-hydrogen) atoms. The fourth-order valence-electron chi connectivity index (χ4n) is 11.0. The maximum absolute atomic E-state index is 2.51. The monoisotopic (exact) mass is 815 g/mol. The number of hydrogen-bond donors (Lipinski definition) is 0. The molecule has 0 spiro atoms. The highest BCUT2D eigenvalue weighted by Gasteiger charge is 2.44. The van der Waals surface area contributed by atoms with E-state index in [1.807, 2.05) is 0 Å². The van der Waals surface area contributed by atoms with Gasteiger partial charge in [0.1, 0.15) is 0 Å². The number of para-hydroxylation sites is 8. The number of nitrogens with zero attached hydrogens (tertiary/aromatic N) is 5. The molecule has 0 atom stereocenters. The molecule has 298 valence electrons. The maximum atomic E-state index is 2.51. The van der Waals surface area contributed by atoms with Gasteiger partial charge in [-0.2, -0.15) is 0 Å². The molecule has 0 aliphatic carbocycles. The summed E-state index contributed by atoms with van der Waals surface area (Å²) in [5.41, 5.74) is 21.3. The first-order valence-corrected chi connectivity index (χ1v) is 22.1. The van der Waals surface area contributed by atoms with Gasteiger partial charge < -0.3 is 24.5 Å². The normalized spacial score (nSPS) is 13.8. The Labute approximate surface area is 372 Å². The molecule has 4 aliphatic rings. The molecule has 0 aromatic heterocycles. The molecule has 4 heterocycles. The van der Waals surface area contributed by atoms with E-state index < -0.39 is 0 Å². The Hall–Kier alpha value is -8.48. The van der Waals surface area contributed by atoms with E-state index in [2.05, 4.69) is 255 Å². The lowest BCUT2D eigenvalue weighted by Crippen LogP contribution is -2.61. The molecule has 0 saturated heterocycles. The Morgan fingerprint density at radius 2 is 0.594 bits per heavy atom. The molecule has 0 radical (unpaired) electrons. The van der Waals surface area contributed by atoms with Crippen LogP contribution >= 0.6 is 0 Å². The van der Waals surface area contributed by atoms with Gasteiger partial charge in [0.05, 0.1) is 39.8 Å². The van der Waals surface area contributed by atoms with E-state index in [1.54, 1.807) is 0 Å². The summed E-state index contributed by atoms with van der Waals surface area (Å²) in [4.78, 5) is 12.4. The first-order valence-electron chi connectivity index (χ1n) is 22.1. The quantitative estimate of drug-likeness (QED) is 0.164. The summed E-state index contributed by atoms with van der Waals surface area (Å²) in [5, 5.41) is 2.39. The van der Waals surface area contributed by atoms with Crippen LogP contribution in [-0.4, -0.2) is 6.71 Å². The van der Waals surface area contributed by atoms with Crippen molar-refractivity contribution < 1.29 is 0 Å². The van der Waals surface area contributed by atoms with Crippen LogP contribution in [0.2, 0.25) is 0 Å². The predicted octanol–water partition coefficient (Wildman–Crippen LogP) is 14.0. The summed E-state index contributed by atoms with van der Waals surface area (Å²) in [7, 11) is 0. The minimum absolute atomic E-state index is 0.0178. The minimum Gasteiger partial charge on any atom is -0.311 e. The topological polar surface area (TPSA) is 16.2 Å². The molecule has 0 fully saturated rings. The lowest BCUT2D eigenvalue weighted by Gasteiger charge is -2.47. The fraction of sp³-hybridized carbons (Fsp3) is 0. The molecule has 0 bridgehead atoms. The third-order valence-corrected chi connectivity index (χ3v) is 13.6. The molecule has 0 N–H and O–H groups in total. The average molecular weight is 816 g/mol. The van der Waals surface area contributed by atoms with Crippen molar-refractivity contribution in [2.75, 3.05) is 24.5 Å². The van der Waals surface area contributed by atoms with Crippen molar-refractivity contribution in [3.63, 3.8) is 0 Å². The molecule has 14 rings (SSSR count). The number of hydrogen-bond acceptors (Lipinski definition) is 5. The van der Waals surface area contributed by atoms with Crippen molar-refractivity contribution in [1.82, 2.24) is 0 Å². The highest BCUT2D eigenvalue weighted by molar-refractivity contribution is 7.00. The molecule has 6 heteroatoms. The average Bonchev–Trinajstić information content (AvgIpc) is 3.36. The number of fused-ring (bicyclic) bond motifs is 9. The van der Waals surface area contributed by atoms with Crippen molar-refractivity contribution in [2.24, 2.45) is 0 Å². The molecule has 0 amide bonds. The highest BCUT2D eigenvalue weighted by Crippen LogP contribution is 2.63. The molecule has 10 aromatic rings. The zero-order chi connectivity index (χ0) is 41.9. The van der Waals surface area contributed by atoms with Gasteiger partial charge in [0, 0.05) is 45.5 Å². The second-order valence-electron chi connectivity index (χ2n) is 17.0. The Kier molecular flexibility index (Phi) is 7.42. The first kappa shape index (κ1) is 35.2. The van der Waals surface area contributed by atoms with Gasteiger partial charge in [-0.1, -0.05) is 121 Å². The van der Waals surface area contributed by atoms with Gasteiger partial charge in [-0.25, -0.2) is 0 Å². The summed E-state index contributed by atoms with van der Waals surface area (Å²) in [5.74, 6) is 0. The van der Waals surface area contributed by atoms with Gasteiger partial charge in [0.2, 0.25) is 0 Å². The van der Waals surface area contributed by atoms with Gasteiger partial charge in [-0.15, -0.1) is 0 Å². The minimum atomic E-state index is 0.0178. The van der Waals surface area contributed by atoms with Crippen LogP contribution in [0.3, 0.4) is 0 Å². The lowest BCUT2D eigenvalue weighted by atomic mass is 9.33. The van der Waals surface area contributed by atoms with E-state index in [4.69, 9.17) is 0 Å². The summed E-state index contributed by atoms with van der Waals surface area (Å²) in [6.45, 7) is 0.0178. The Morgan fingerprint density at radius 3 is 1.14 bits per heavy atom. The number of rotatable bonds is 4. The summed E-state index contributed by atoms with van der Waals surface area (Å²) >= 11 is 0. The number of benzene rings is 10. The SMILES string of the molecule is c1ccc(N2c3ccccc3B3c4cc5cc6c(cc5cc4N(c4ccccc4)c4cccc2c43)N2c3ccccc3N(c3ccccc3)c3cccc(c32)N6c2ccccc2)cc1. The summed E-state index contributed by atoms with van der Waals surface area (Å²) < 4.78 is 0. The Morgan fingerprint density at radius 1 is 0.234 bits per heavy atom. The zero-order valence-electron chi connectivity index (χ0n) is 34.8. The summed E-state index contributed by atoms with van der Waals surface area (Å²) in [6, 6.07) is 84.6. The standard InChI is InChI=1S/C58H38BN5/c1-5-19-41(20-6-1)60-47-28-14-13-27-45(47)59-46-35-39-37-55-56(38-40(39)36-54(46)62(43-23-9-3-10-24-43)51-32-17-31-50(60)57(51)59)64-49-30-16-15-29-48(49)61(42-21-7-2-8-22-42)52-33-18-34-53(58(52)64)63(55)44-25-11-4-12-26-44/h1-38H. The van der Waals surface area contributed by atoms with Gasteiger partial charge in [-0.05, 0) is 136 Å². The Balaban J connectivity index is 1.05. The fourth-order valence-corrected chi connectivity index (χ4v) is 11.0. The predicted molar refractivity (Wildman–Crippen MR) is 269 cm³/mol. The van der Waals surface area contributed by atoms with E-state index in [0.717, 1.165) is 62.6 Å². The third kappa shape index (κ3) is 4.90. The molecule has 4 aliphatic heterocycles. The molecular formula is C58H38BN5. The van der Waals surface area contributed by atoms with Gasteiger partial charge >= 0.3 is 0 Å². The van der Waals surface area contributed by atoms with Crippen LogP contribution in [0, 0.1) is 0 Å². The van der Waals surface area contributed by atoms with E-state index >= 15 is 0 Å². The third-order valence-electron chi connectivity index (χ3n) is 13.6. The van der Waals surface area contributed by atoms with Crippen molar-refractivity contribution in [2.45, 2.75) is 0 Å². The van der Waals surface area contributed by atoms with Crippen LogP contribution in [0.15, 0.2) is 231 Å². The van der Waals surface area contributed by atoms with Gasteiger partial charge in [0.25, 0.3) is 6.71 Å². The molecule has 10 aromatic carbocycles. The van der Waals surface area contributed by atoms with Crippen molar-refractivity contribution in [3.8, 4) is 0 Å². The lowest BCUT2D eigenvalue weighted by molar-refractivity contribution is 1.12. The second kappa shape index (κ2) is 13.5. The summed E-state index contributed by atoms with van der Waals surface area (Å²) in [6.07, 6.45) is 0. The van der Waals surface area contributed by atoms with Crippen LogP contribution in [0.4, 0.5) is 85.3 Å². The molecule has 0 saturated carbocycles. The molecular weight excluding hydrogens is 777 g/mol. The van der Waals surface area contributed by atoms with Crippen LogP contribution in [0.25, 0.3) is 10.8 Å². The van der Waals surface area contributed by atoms with Gasteiger partial charge in [-0.3, -0.25) is 0 Å².